The largest absolute Gasteiger partial charge is 0.321 e. The number of anilines is 1. The predicted octanol–water partition coefficient (Wildman–Crippen LogP) is 4.40. The van der Waals surface area contributed by atoms with Gasteiger partial charge >= 0.3 is 0 Å². The summed E-state index contributed by atoms with van der Waals surface area (Å²) in [4.78, 5) is 14.0. The third-order valence-corrected chi connectivity index (χ3v) is 3.96. The molecule has 2 aromatic rings. The van der Waals surface area contributed by atoms with Crippen molar-refractivity contribution in [3.8, 4) is 0 Å². The van der Waals surface area contributed by atoms with Gasteiger partial charge in [-0.15, -0.1) is 11.3 Å². The van der Waals surface area contributed by atoms with Crippen LogP contribution in [0.25, 0.3) is 0 Å². The number of rotatable bonds is 4. The highest BCUT2D eigenvalue weighted by Crippen LogP contribution is 2.23. The van der Waals surface area contributed by atoms with Gasteiger partial charge in [0.05, 0.1) is 4.88 Å². The predicted molar refractivity (Wildman–Crippen MR) is 77.4 cm³/mol. The average molecular weight is 277 g/mol. The van der Waals surface area contributed by atoms with Gasteiger partial charge < -0.3 is 5.32 Å². The molecule has 0 aliphatic heterocycles. The second-order valence-electron chi connectivity index (χ2n) is 4.40. The van der Waals surface area contributed by atoms with Crippen molar-refractivity contribution in [3.05, 3.63) is 51.5 Å². The fourth-order valence-corrected chi connectivity index (χ4v) is 2.84. The number of amides is 1. The Morgan fingerprint density at radius 2 is 2.00 bits per heavy atom. The summed E-state index contributed by atoms with van der Waals surface area (Å²) in [6.45, 7) is 4.15. The monoisotopic (exact) mass is 277 g/mol. The molecule has 0 saturated carbocycles. The summed E-state index contributed by atoms with van der Waals surface area (Å²) >= 11 is 1.50. The van der Waals surface area contributed by atoms with Gasteiger partial charge in [0, 0.05) is 10.6 Å². The first-order valence-electron chi connectivity index (χ1n) is 6.26. The molecule has 1 N–H and O–H groups in total. The molecule has 0 unspecified atom stereocenters. The molecule has 1 aromatic heterocycles. The Bertz CT molecular complexity index is 574. The minimum atomic E-state index is -0.310. The minimum absolute atomic E-state index is 0.137. The molecule has 0 spiro atoms. The van der Waals surface area contributed by atoms with Gasteiger partial charge in [-0.3, -0.25) is 4.79 Å². The molecule has 0 radical (unpaired) electrons. The fourth-order valence-electron chi connectivity index (χ4n) is 1.88. The van der Waals surface area contributed by atoms with Gasteiger partial charge in [0.1, 0.15) is 5.82 Å². The Morgan fingerprint density at radius 1 is 1.32 bits per heavy atom. The Balaban J connectivity index is 2.11. The van der Waals surface area contributed by atoms with Crippen LogP contribution in [0.3, 0.4) is 0 Å². The second kappa shape index (κ2) is 5.97. The van der Waals surface area contributed by atoms with Gasteiger partial charge in [0.2, 0.25) is 0 Å². The molecule has 1 heterocycles. The smallest absolute Gasteiger partial charge is 0.265 e. The molecule has 0 bridgehead atoms. The second-order valence-corrected chi connectivity index (χ2v) is 5.66. The normalized spacial score (nSPS) is 10.5. The summed E-state index contributed by atoms with van der Waals surface area (Å²) in [6, 6.07) is 7.72. The third-order valence-electron chi connectivity index (χ3n) is 2.87. The Hall–Kier alpha value is -1.68. The molecule has 2 nitrogen and oxygen atoms in total. The lowest BCUT2D eigenvalue weighted by Gasteiger charge is -2.02. The third kappa shape index (κ3) is 3.41. The highest BCUT2D eigenvalue weighted by Gasteiger charge is 2.12. The average Bonchev–Trinajstić information content (AvgIpc) is 2.75. The molecule has 0 aliphatic rings. The van der Waals surface area contributed by atoms with E-state index in [2.05, 4.69) is 12.2 Å². The maximum Gasteiger partial charge on any atom is 0.265 e. The molecule has 0 atom stereocenters. The summed E-state index contributed by atoms with van der Waals surface area (Å²) < 4.78 is 12.8. The van der Waals surface area contributed by atoms with Gasteiger partial charge in [-0.1, -0.05) is 13.3 Å². The number of carbonyl (C=O) groups excluding carboxylic acids is 1. The van der Waals surface area contributed by atoms with E-state index < -0.39 is 0 Å². The van der Waals surface area contributed by atoms with Crippen molar-refractivity contribution in [1.82, 2.24) is 0 Å². The molecule has 1 aromatic carbocycles. The summed E-state index contributed by atoms with van der Waals surface area (Å²) in [5, 5.41) is 2.77. The van der Waals surface area contributed by atoms with E-state index in [1.165, 1.54) is 33.9 Å². The number of carbonyl (C=O) groups is 1. The topological polar surface area (TPSA) is 29.1 Å². The molecule has 100 valence electrons. The number of nitrogens with one attached hydrogen (secondary N) is 1. The molecule has 4 heteroatoms. The van der Waals surface area contributed by atoms with Crippen LogP contribution in [0.15, 0.2) is 30.3 Å². The fraction of sp³-hybridized carbons (Fsp3) is 0.267. The Labute approximate surface area is 116 Å². The van der Waals surface area contributed by atoms with Crippen LogP contribution in [0.2, 0.25) is 0 Å². The first kappa shape index (κ1) is 13.7. The zero-order chi connectivity index (χ0) is 13.8. The molecule has 0 fully saturated rings. The van der Waals surface area contributed by atoms with Gasteiger partial charge in [0.25, 0.3) is 5.91 Å². The van der Waals surface area contributed by atoms with E-state index in [4.69, 9.17) is 0 Å². The first-order chi connectivity index (χ1) is 9.10. The van der Waals surface area contributed by atoms with Crippen LogP contribution >= 0.6 is 11.3 Å². The number of thiophene rings is 1. The van der Waals surface area contributed by atoms with E-state index in [-0.39, 0.29) is 11.7 Å². The van der Waals surface area contributed by atoms with Crippen LogP contribution < -0.4 is 5.32 Å². The van der Waals surface area contributed by atoms with Crippen molar-refractivity contribution in [2.45, 2.75) is 26.7 Å². The van der Waals surface area contributed by atoms with Crippen molar-refractivity contribution in [2.24, 2.45) is 0 Å². The molecule has 0 saturated heterocycles. The van der Waals surface area contributed by atoms with E-state index in [9.17, 15) is 9.18 Å². The summed E-state index contributed by atoms with van der Waals surface area (Å²) in [7, 11) is 0. The molecule has 2 rings (SSSR count). The summed E-state index contributed by atoms with van der Waals surface area (Å²) in [5.74, 6) is -0.447. The SMILES string of the molecule is CCCc1cc(C(=O)Nc2ccc(F)cc2)sc1C. The van der Waals surface area contributed by atoms with Crippen LogP contribution in [-0.2, 0) is 6.42 Å². The Morgan fingerprint density at radius 3 is 2.63 bits per heavy atom. The number of hydrogen-bond donors (Lipinski definition) is 1. The first-order valence-corrected chi connectivity index (χ1v) is 7.08. The van der Waals surface area contributed by atoms with Crippen LogP contribution in [0.5, 0.6) is 0 Å². The molecule has 1 amide bonds. The van der Waals surface area contributed by atoms with Crippen molar-refractivity contribution in [3.63, 3.8) is 0 Å². The zero-order valence-electron chi connectivity index (χ0n) is 11.0. The van der Waals surface area contributed by atoms with Crippen LogP contribution in [0, 0.1) is 12.7 Å². The molecule has 0 aliphatic carbocycles. The van der Waals surface area contributed by atoms with Crippen LogP contribution in [0.4, 0.5) is 10.1 Å². The summed E-state index contributed by atoms with van der Waals surface area (Å²) in [5.41, 5.74) is 1.84. The van der Waals surface area contributed by atoms with Gasteiger partial charge in [-0.25, -0.2) is 4.39 Å². The highest BCUT2D eigenvalue weighted by atomic mass is 32.1. The number of hydrogen-bond acceptors (Lipinski definition) is 2. The minimum Gasteiger partial charge on any atom is -0.321 e. The molecular weight excluding hydrogens is 261 g/mol. The zero-order valence-corrected chi connectivity index (χ0v) is 11.8. The van der Waals surface area contributed by atoms with Crippen molar-refractivity contribution >= 4 is 22.9 Å². The maximum absolute atomic E-state index is 12.8. The number of benzene rings is 1. The standard InChI is InChI=1S/C15H16FNOS/c1-3-4-11-9-14(19-10(11)2)15(18)17-13-7-5-12(16)6-8-13/h5-9H,3-4H2,1-2H3,(H,17,18). The Kier molecular flexibility index (Phi) is 4.32. The number of aryl methyl sites for hydroxylation is 2. The van der Waals surface area contributed by atoms with E-state index in [1.807, 2.05) is 13.0 Å². The quantitative estimate of drug-likeness (QED) is 0.881. The van der Waals surface area contributed by atoms with Crippen LogP contribution in [-0.4, -0.2) is 5.91 Å². The molecule has 19 heavy (non-hydrogen) atoms. The van der Waals surface area contributed by atoms with E-state index in [0.29, 0.717) is 10.6 Å². The lowest BCUT2D eigenvalue weighted by atomic mass is 10.1. The van der Waals surface area contributed by atoms with Crippen molar-refractivity contribution < 1.29 is 9.18 Å². The van der Waals surface area contributed by atoms with Crippen LogP contribution in [0.1, 0.15) is 33.5 Å². The lowest BCUT2D eigenvalue weighted by molar-refractivity contribution is 0.103. The molecular formula is C15H16FNOS. The summed E-state index contributed by atoms with van der Waals surface area (Å²) in [6.07, 6.45) is 2.06. The van der Waals surface area contributed by atoms with Gasteiger partial charge in [0.15, 0.2) is 0 Å². The van der Waals surface area contributed by atoms with E-state index in [1.54, 1.807) is 12.1 Å². The maximum atomic E-state index is 12.8. The van der Waals surface area contributed by atoms with E-state index >= 15 is 0 Å². The van der Waals surface area contributed by atoms with Gasteiger partial charge in [-0.05, 0) is 49.2 Å². The van der Waals surface area contributed by atoms with Crippen molar-refractivity contribution in [1.29, 1.82) is 0 Å². The van der Waals surface area contributed by atoms with E-state index in [0.717, 1.165) is 12.8 Å². The highest BCUT2D eigenvalue weighted by molar-refractivity contribution is 7.14. The van der Waals surface area contributed by atoms with Crippen molar-refractivity contribution in [2.75, 3.05) is 5.32 Å². The lowest BCUT2D eigenvalue weighted by Crippen LogP contribution is -2.09. The van der Waals surface area contributed by atoms with Gasteiger partial charge in [-0.2, -0.15) is 0 Å². The number of halogens is 1.